The Hall–Kier alpha value is -1.42. The van der Waals surface area contributed by atoms with Gasteiger partial charge in [0.1, 0.15) is 5.82 Å². The zero-order chi connectivity index (χ0) is 12.1. The van der Waals surface area contributed by atoms with Crippen molar-refractivity contribution < 1.29 is 13.9 Å². The normalized spacial score (nSPS) is 14.2. The summed E-state index contributed by atoms with van der Waals surface area (Å²) in [6, 6.07) is 5.83. The highest BCUT2D eigenvalue weighted by molar-refractivity contribution is 5.70. The summed E-state index contributed by atoms with van der Waals surface area (Å²) in [5.74, 6) is -0.759. The zero-order valence-corrected chi connectivity index (χ0v) is 9.44. The number of hydrogen-bond acceptors (Lipinski definition) is 3. The number of carbonyl (C=O) groups is 1. The van der Waals surface area contributed by atoms with Crippen molar-refractivity contribution in [2.24, 2.45) is 5.73 Å². The summed E-state index contributed by atoms with van der Waals surface area (Å²) in [5, 5.41) is 0. The van der Waals surface area contributed by atoms with Crippen LogP contribution in [0.25, 0.3) is 0 Å². The Bertz CT molecular complexity index is 349. The van der Waals surface area contributed by atoms with E-state index in [4.69, 9.17) is 5.73 Å². The van der Waals surface area contributed by atoms with E-state index >= 15 is 0 Å². The lowest BCUT2D eigenvalue weighted by Gasteiger charge is -2.19. The van der Waals surface area contributed by atoms with E-state index in [0.29, 0.717) is 0 Å². The van der Waals surface area contributed by atoms with Crippen molar-refractivity contribution in [1.82, 2.24) is 0 Å². The van der Waals surface area contributed by atoms with Crippen molar-refractivity contribution in [1.29, 1.82) is 0 Å². The molecule has 4 heteroatoms. The van der Waals surface area contributed by atoms with Crippen molar-refractivity contribution in [3.05, 3.63) is 35.6 Å². The fraction of sp³-hybridized carbons (Fsp3) is 0.417. The molecule has 1 rings (SSSR count). The maximum absolute atomic E-state index is 12.8. The van der Waals surface area contributed by atoms with Gasteiger partial charge in [-0.2, -0.15) is 0 Å². The number of nitrogens with two attached hydrogens (primary N) is 1. The van der Waals surface area contributed by atoms with Crippen LogP contribution >= 0.6 is 0 Å². The third-order valence-electron chi connectivity index (χ3n) is 2.55. The molecule has 0 bridgehead atoms. The average Bonchev–Trinajstić information content (AvgIpc) is 2.26. The Morgan fingerprint density at radius 3 is 2.44 bits per heavy atom. The van der Waals surface area contributed by atoms with E-state index in [1.54, 1.807) is 12.1 Å². The minimum absolute atomic E-state index is 0.145. The molecule has 88 valence electrons. The van der Waals surface area contributed by atoms with Crippen LogP contribution in [-0.4, -0.2) is 19.1 Å². The van der Waals surface area contributed by atoms with Gasteiger partial charge in [0, 0.05) is 12.0 Å². The van der Waals surface area contributed by atoms with E-state index in [1.165, 1.54) is 19.2 Å². The molecule has 2 atom stereocenters. The summed E-state index contributed by atoms with van der Waals surface area (Å²) in [5.41, 5.74) is 6.66. The molecule has 0 heterocycles. The Labute approximate surface area is 94.4 Å². The Morgan fingerprint density at radius 2 is 2.00 bits per heavy atom. The van der Waals surface area contributed by atoms with Crippen molar-refractivity contribution in [2.45, 2.75) is 25.3 Å². The first-order chi connectivity index (χ1) is 7.54. The van der Waals surface area contributed by atoms with Gasteiger partial charge in [-0.05, 0) is 24.6 Å². The van der Waals surface area contributed by atoms with Crippen LogP contribution in [0.1, 0.15) is 24.8 Å². The molecule has 0 saturated carbocycles. The number of halogens is 1. The first-order valence-electron chi connectivity index (χ1n) is 5.12. The van der Waals surface area contributed by atoms with Crippen molar-refractivity contribution in [3.8, 4) is 0 Å². The summed E-state index contributed by atoms with van der Waals surface area (Å²) in [4.78, 5) is 11.2. The van der Waals surface area contributed by atoms with E-state index in [9.17, 15) is 9.18 Å². The van der Waals surface area contributed by atoms with Crippen molar-refractivity contribution in [2.75, 3.05) is 7.11 Å². The zero-order valence-electron chi connectivity index (χ0n) is 9.44. The molecular weight excluding hydrogens is 209 g/mol. The highest BCUT2D eigenvalue weighted by Crippen LogP contribution is 2.23. The number of methoxy groups -OCH3 is 1. The lowest BCUT2D eigenvalue weighted by molar-refractivity contribution is -0.141. The number of ether oxygens (including phenoxy) is 1. The lowest BCUT2D eigenvalue weighted by Crippen LogP contribution is -2.27. The summed E-state index contributed by atoms with van der Waals surface area (Å²) in [6.07, 6.45) is 0.208. The molecule has 0 aliphatic carbocycles. The van der Waals surface area contributed by atoms with Gasteiger partial charge in [-0.15, -0.1) is 0 Å². The van der Waals surface area contributed by atoms with Gasteiger partial charge in [0.2, 0.25) is 0 Å². The van der Waals surface area contributed by atoms with Gasteiger partial charge in [0.15, 0.2) is 0 Å². The molecule has 0 saturated heterocycles. The van der Waals surface area contributed by atoms with Crippen molar-refractivity contribution in [3.63, 3.8) is 0 Å². The van der Waals surface area contributed by atoms with Crippen LogP contribution in [0, 0.1) is 5.82 Å². The Kier molecular flexibility index (Phi) is 4.43. The summed E-state index contributed by atoms with van der Waals surface area (Å²) in [7, 11) is 1.34. The number of hydrogen-bond donors (Lipinski definition) is 1. The second-order valence-corrected chi connectivity index (χ2v) is 3.80. The van der Waals surface area contributed by atoms with Crippen LogP contribution in [0.15, 0.2) is 24.3 Å². The van der Waals surface area contributed by atoms with Crippen LogP contribution < -0.4 is 5.73 Å². The molecule has 0 radical (unpaired) electrons. The summed E-state index contributed by atoms with van der Waals surface area (Å²) in [6.45, 7) is 1.82. The minimum atomic E-state index is -0.313. The maximum Gasteiger partial charge on any atom is 0.306 e. The quantitative estimate of drug-likeness (QED) is 0.795. The molecule has 1 aromatic rings. The predicted octanol–water partition coefficient (Wildman–Crippen LogP) is 1.82. The molecule has 0 amide bonds. The number of benzene rings is 1. The van der Waals surface area contributed by atoms with Crippen LogP contribution in [0.4, 0.5) is 4.39 Å². The molecule has 16 heavy (non-hydrogen) atoms. The smallest absolute Gasteiger partial charge is 0.306 e. The molecule has 0 fully saturated rings. The monoisotopic (exact) mass is 225 g/mol. The van der Waals surface area contributed by atoms with Crippen LogP contribution in [-0.2, 0) is 9.53 Å². The summed E-state index contributed by atoms with van der Waals surface area (Å²) >= 11 is 0. The first kappa shape index (κ1) is 12.6. The Morgan fingerprint density at radius 1 is 1.44 bits per heavy atom. The topological polar surface area (TPSA) is 52.3 Å². The molecule has 3 nitrogen and oxygen atoms in total. The van der Waals surface area contributed by atoms with Gasteiger partial charge >= 0.3 is 5.97 Å². The second-order valence-electron chi connectivity index (χ2n) is 3.80. The maximum atomic E-state index is 12.8. The molecule has 0 aliphatic rings. The lowest BCUT2D eigenvalue weighted by atomic mass is 9.90. The average molecular weight is 225 g/mol. The van der Waals surface area contributed by atoms with E-state index < -0.39 is 0 Å². The van der Waals surface area contributed by atoms with Gasteiger partial charge in [-0.1, -0.05) is 12.1 Å². The van der Waals surface area contributed by atoms with Gasteiger partial charge < -0.3 is 10.5 Å². The molecule has 0 aliphatic heterocycles. The second kappa shape index (κ2) is 5.61. The molecular formula is C12H16FNO2. The van der Waals surface area contributed by atoms with Crippen LogP contribution in [0.2, 0.25) is 0 Å². The van der Waals surface area contributed by atoms with E-state index in [1.807, 2.05) is 6.92 Å². The van der Waals surface area contributed by atoms with E-state index in [2.05, 4.69) is 4.74 Å². The fourth-order valence-electron chi connectivity index (χ4n) is 1.58. The first-order valence-corrected chi connectivity index (χ1v) is 5.12. The Balaban J connectivity index is 2.85. The minimum Gasteiger partial charge on any atom is -0.469 e. The van der Waals surface area contributed by atoms with Gasteiger partial charge in [-0.25, -0.2) is 4.39 Å². The van der Waals surface area contributed by atoms with E-state index in [-0.39, 0.29) is 30.2 Å². The van der Waals surface area contributed by atoms with Gasteiger partial charge in [-0.3, -0.25) is 4.79 Å². The number of esters is 1. The number of rotatable bonds is 4. The van der Waals surface area contributed by atoms with Gasteiger partial charge in [0.05, 0.1) is 13.5 Å². The standard InChI is InChI=1S/C12H16FNO2/c1-8(14)11(7-12(15)16-2)9-3-5-10(13)6-4-9/h3-6,8,11H,7,14H2,1-2H3. The largest absolute Gasteiger partial charge is 0.469 e. The third kappa shape index (κ3) is 3.31. The van der Waals surface area contributed by atoms with Crippen LogP contribution in [0.5, 0.6) is 0 Å². The highest BCUT2D eigenvalue weighted by atomic mass is 19.1. The summed E-state index contributed by atoms with van der Waals surface area (Å²) < 4.78 is 17.4. The fourth-order valence-corrected chi connectivity index (χ4v) is 1.58. The molecule has 1 aromatic carbocycles. The molecule has 0 spiro atoms. The van der Waals surface area contributed by atoms with Gasteiger partial charge in [0.25, 0.3) is 0 Å². The third-order valence-corrected chi connectivity index (χ3v) is 2.55. The molecule has 2 unspecified atom stereocenters. The highest BCUT2D eigenvalue weighted by Gasteiger charge is 2.20. The molecule has 2 N–H and O–H groups in total. The van der Waals surface area contributed by atoms with E-state index in [0.717, 1.165) is 5.56 Å². The van der Waals surface area contributed by atoms with Crippen LogP contribution in [0.3, 0.4) is 0 Å². The number of carbonyl (C=O) groups excluding carboxylic acids is 1. The van der Waals surface area contributed by atoms with Crippen molar-refractivity contribution >= 4 is 5.97 Å². The predicted molar refractivity (Wildman–Crippen MR) is 59.4 cm³/mol. The SMILES string of the molecule is COC(=O)CC(c1ccc(F)cc1)C(C)N. The molecule has 0 aromatic heterocycles.